The minimum Gasteiger partial charge on any atom is -0.496 e. The Morgan fingerprint density at radius 1 is 1.10 bits per heavy atom. The van der Waals surface area contributed by atoms with Gasteiger partial charge in [-0.05, 0) is 43.2 Å². The maximum Gasteiger partial charge on any atom is 0.329 e. The van der Waals surface area contributed by atoms with Crippen LogP contribution in [0.25, 0.3) is 0 Å². The van der Waals surface area contributed by atoms with Gasteiger partial charge in [-0.3, -0.25) is 9.59 Å². The molecule has 0 aromatic heterocycles. The summed E-state index contributed by atoms with van der Waals surface area (Å²) in [4.78, 5) is 36.8. The number of benzene rings is 2. The highest BCUT2D eigenvalue weighted by Gasteiger charge is 2.27. The van der Waals surface area contributed by atoms with Crippen molar-refractivity contribution in [1.29, 1.82) is 0 Å². The van der Waals surface area contributed by atoms with Crippen molar-refractivity contribution >= 4 is 29.3 Å². The van der Waals surface area contributed by atoms with E-state index in [1.807, 2.05) is 0 Å². The first kappa shape index (κ1) is 22.4. The van der Waals surface area contributed by atoms with Gasteiger partial charge >= 0.3 is 5.97 Å². The van der Waals surface area contributed by atoms with E-state index in [4.69, 9.17) is 21.1 Å². The molecule has 0 aliphatic rings. The molecule has 0 radical (unpaired) electrons. The van der Waals surface area contributed by atoms with E-state index < -0.39 is 17.9 Å². The number of ketones is 1. The van der Waals surface area contributed by atoms with E-state index in [0.717, 1.165) is 0 Å². The van der Waals surface area contributed by atoms with Crippen molar-refractivity contribution in [1.82, 2.24) is 5.32 Å². The van der Waals surface area contributed by atoms with Crippen LogP contribution >= 0.6 is 11.6 Å². The van der Waals surface area contributed by atoms with Crippen molar-refractivity contribution in [3.05, 3.63) is 64.2 Å². The lowest BCUT2D eigenvalue weighted by atomic mass is 10.0. The Kier molecular flexibility index (Phi) is 7.79. The van der Waals surface area contributed by atoms with Crippen LogP contribution in [0.4, 0.5) is 0 Å². The molecule has 1 atom stereocenters. The summed E-state index contributed by atoms with van der Waals surface area (Å²) < 4.78 is 10.7. The van der Waals surface area contributed by atoms with E-state index in [9.17, 15) is 14.4 Å². The number of hydrogen-bond donors (Lipinski definition) is 1. The van der Waals surface area contributed by atoms with Crippen LogP contribution in [0.15, 0.2) is 42.5 Å². The van der Waals surface area contributed by atoms with E-state index in [2.05, 4.69) is 5.32 Å². The number of Topliss-reactive ketones (excluding diaryl/α,β-unsaturated/α-hetero) is 1. The lowest BCUT2D eigenvalue weighted by molar-refractivity contribution is -0.148. The fourth-order valence-electron chi connectivity index (χ4n) is 2.71. The molecule has 0 heterocycles. The lowest BCUT2D eigenvalue weighted by Crippen LogP contribution is -2.45. The number of ether oxygens (including phenoxy) is 2. The van der Waals surface area contributed by atoms with Gasteiger partial charge in [0, 0.05) is 11.1 Å². The van der Waals surface area contributed by atoms with Crippen molar-refractivity contribution in [3.63, 3.8) is 0 Å². The van der Waals surface area contributed by atoms with Gasteiger partial charge in [0.1, 0.15) is 18.4 Å². The molecule has 2 rings (SSSR count). The summed E-state index contributed by atoms with van der Waals surface area (Å²) in [5.74, 6) is -0.853. The van der Waals surface area contributed by atoms with Gasteiger partial charge in [-0.2, -0.15) is 0 Å². The van der Waals surface area contributed by atoms with Crippen molar-refractivity contribution in [2.45, 2.75) is 33.4 Å². The topological polar surface area (TPSA) is 81.7 Å². The first-order chi connectivity index (χ1) is 13.7. The largest absolute Gasteiger partial charge is 0.496 e. The number of esters is 1. The van der Waals surface area contributed by atoms with Crippen LogP contribution in [0.1, 0.15) is 47.1 Å². The van der Waals surface area contributed by atoms with Crippen molar-refractivity contribution < 1.29 is 23.9 Å². The number of methoxy groups -OCH3 is 1. The maximum absolute atomic E-state index is 12.7. The second-order valence-corrected chi connectivity index (χ2v) is 7.27. The summed E-state index contributed by atoms with van der Waals surface area (Å²) in [6.45, 7) is 4.97. The van der Waals surface area contributed by atoms with Crippen LogP contribution < -0.4 is 10.1 Å². The molecular weight excluding hydrogens is 394 g/mol. The predicted molar refractivity (Wildman–Crippen MR) is 110 cm³/mol. The number of amides is 1. The van der Waals surface area contributed by atoms with Crippen LogP contribution in [0.3, 0.4) is 0 Å². The molecule has 1 N–H and O–H groups in total. The van der Waals surface area contributed by atoms with Gasteiger partial charge in [0.2, 0.25) is 0 Å². The predicted octanol–water partition coefficient (Wildman–Crippen LogP) is 4.05. The molecule has 6 nitrogen and oxygen atoms in total. The summed E-state index contributed by atoms with van der Waals surface area (Å²) in [6, 6.07) is 10.7. The van der Waals surface area contributed by atoms with Gasteiger partial charge in [0.15, 0.2) is 5.78 Å². The molecule has 0 saturated heterocycles. The quantitative estimate of drug-likeness (QED) is 0.517. The summed E-state index contributed by atoms with van der Waals surface area (Å²) in [5, 5.41) is 2.98. The maximum atomic E-state index is 12.7. The number of carbonyl (C=O) groups excluding carboxylic acids is 3. The first-order valence-electron chi connectivity index (χ1n) is 9.14. The van der Waals surface area contributed by atoms with Gasteiger partial charge in [-0.25, -0.2) is 4.79 Å². The van der Waals surface area contributed by atoms with Gasteiger partial charge < -0.3 is 14.8 Å². The molecular formula is C22H24ClNO5. The number of carbonyl (C=O) groups is 3. The number of rotatable bonds is 8. The Morgan fingerprint density at radius 3 is 2.38 bits per heavy atom. The molecule has 29 heavy (non-hydrogen) atoms. The second-order valence-electron chi connectivity index (χ2n) is 6.87. The highest BCUT2D eigenvalue weighted by atomic mass is 35.5. The summed E-state index contributed by atoms with van der Waals surface area (Å²) in [5.41, 5.74) is 1.33. The Balaban J connectivity index is 2.12. The van der Waals surface area contributed by atoms with Crippen molar-refractivity contribution in [2.24, 2.45) is 5.92 Å². The number of halogens is 1. The zero-order valence-electron chi connectivity index (χ0n) is 16.8. The zero-order valence-corrected chi connectivity index (χ0v) is 17.6. The lowest BCUT2D eigenvalue weighted by Gasteiger charge is -2.21. The van der Waals surface area contributed by atoms with Crippen molar-refractivity contribution in [3.8, 4) is 5.75 Å². The second kappa shape index (κ2) is 10.1. The summed E-state index contributed by atoms with van der Waals surface area (Å²) in [7, 11) is 1.49. The fraction of sp³-hybridized carbons (Fsp3) is 0.318. The van der Waals surface area contributed by atoms with Gasteiger partial charge in [-0.15, -0.1) is 0 Å². The van der Waals surface area contributed by atoms with Crippen LogP contribution in [0.5, 0.6) is 5.75 Å². The van der Waals surface area contributed by atoms with E-state index in [1.54, 1.807) is 56.3 Å². The third-order valence-electron chi connectivity index (χ3n) is 4.38. The zero-order chi connectivity index (χ0) is 21.6. The van der Waals surface area contributed by atoms with Crippen molar-refractivity contribution in [2.75, 3.05) is 7.11 Å². The van der Waals surface area contributed by atoms with Gasteiger partial charge in [0.05, 0.1) is 17.7 Å². The molecule has 7 heteroatoms. The average Bonchev–Trinajstić information content (AvgIpc) is 2.69. The van der Waals surface area contributed by atoms with Crippen LogP contribution in [-0.2, 0) is 16.1 Å². The molecule has 0 bridgehead atoms. The Hall–Kier alpha value is -2.86. The molecule has 2 aromatic carbocycles. The standard InChI is InChI=1S/C22H24ClNO5/c1-13(2)20(24-21(26)17-7-5-6-8-18(17)23)22(27)29-12-16-11-15(14(3)25)9-10-19(16)28-4/h5-11,13,20H,12H2,1-4H3,(H,24,26)/t20-/m0/s1. The van der Waals surface area contributed by atoms with Gasteiger partial charge in [-0.1, -0.05) is 37.6 Å². The smallest absolute Gasteiger partial charge is 0.329 e. The van der Waals surface area contributed by atoms with E-state index >= 15 is 0 Å². The van der Waals surface area contributed by atoms with E-state index in [-0.39, 0.29) is 23.9 Å². The molecule has 2 aromatic rings. The Labute approximate surface area is 175 Å². The van der Waals surface area contributed by atoms with Crippen LogP contribution in [-0.4, -0.2) is 30.8 Å². The SMILES string of the molecule is COc1ccc(C(C)=O)cc1COC(=O)[C@@H](NC(=O)c1ccccc1Cl)C(C)C. The van der Waals surface area contributed by atoms with E-state index in [1.165, 1.54) is 14.0 Å². The highest BCUT2D eigenvalue weighted by molar-refractivity contribution is 6.33. The monoisotopic (exact) mass is 417 g/mol. The normalized spacial score (nSPS) is 11.7. The molecule has 1 amide bonds. The minimum atomic E-state index is -0.860. The molecule has 0 unspecified atom stereocenters. The van der Waals surface area contributed by atoms with Crippen LogP contribution in [0, 0.1) is 5.92 Å². The molecule has 0 spiro atoms. The number of nitrogens with one attached hydrogen (secondary N) is 1. The fourth-order valence-corrected chi connectivity index (χ4v) is 2.93. The van der Waals surface area contributed by atoms with Gasteiger partial charge in [0.25, 0.3) is 5.91 Å². The third-order valence-corrected chi connectivity index (χ3v) is 4.71. The molecule has 0 saturated carbocycles. The minimum absolute atomic E-state index is 0.0890. The highest BCUT2D eigenvalue weighted by Crippen LogP contribution is 2.22. The molecule has 0 aliphatic heterocycles. The Bertz CT molecular complexity index is 910. The first-order valence-corrected chi connectivity index (χ1v) is 9.52. The molecule has 0 aliphatic carbocycles. The van der Waals surface area contributed by atoms with Crippen LogP contribution in [0.2, 0.25) is 5.02 Å². The third kappa shape index (κ3) is 5.81. The number of hydrogen-bond acceptors (Lipinski definition) is 5. The summed E-state index contributed by atoms with van der Waals surface area (Å²) in [6.07, 6.45) is 0. The molecule has 154 valence electrons. The Morgan fingerprint density at radius 2 is 1.79 bits per heavy atom. The average molecular weight is 418 g/mol. The van der Waals surface area contributed by atoms with E-state index in [0.29, 0.717) is 21.9 Å². The molecule has 0 fully saturated rings. The summed E-state index contributed by atoms with van der Waals surface area (Å²) >= 11 is 6.06.